The average Bonchev–Trinajstić information content (AvgIpc) is 3.13. The van der Waals surface area contributed by atoms with E-state index in [1.165, 1.54) is 11.1 Å². The molecule has 4 heteroatoms. The SMILES string of the molecule is Cc1ccc(NC(=O)C2CCN(c3ccccc3Cc3ccccc3)C2=O)cc1C. The molecule has 4 rings (SSSR count). The molecule has 3 aromatic rings. The molecule has 1 aliphatic heterocycles. The van der Waals surface area contributed by atoms with E-state index in [-0.39, 0.29) is 11.8 Å². The van der Waals surface area contributed by atoms with E-state index in [4.69, 9.17) is 0 Å². The molecule has 0 aliphatic carbocycles. The van der Waals surface area contributed by atoms with Crippen LogP contribution in [0.5, 0.6) is 0 Å². The molecule has 1 N–H and O–H groups in total. The summed E-state index contributed by atoms with van der Waals surface area (Å²) >= 11 is 0. The van der Waals surface area contributed by atoms with Gasteiger partial charge in [-0.15, -0.1) is 0 Å². The Bertz CT molecular complexity index is 1080. The van der Waals surface area contributed by atoms with Gasteiger partial charge in [-0.1, -0.05) is 54.6 Å². The van der Waals surface area contributed by atoms with Crippen LogP contribution in [0.4, 0.5) is 11.4 Å². The van der Waals surface area contributed by atoms with Crippen molar-refractivity contribution in [3.05, 3.63) is 95.1 Å². The molecule has 0 radical (unpaired) electrons. The lowest BCUT2D eigenvalue weighted by Crippen LogP contribution is -2.33. The summed E-state index contributed by atoms with van der Waals surface area (Å²) < 4.78 is 0. The van der Waals surface area contributed by atoms with Crippen molar-refractivity contribution in [1.29, 1.82) is 0 Å². The van der Waals surface area contributed by atoms with Crippen LogP contribution in [0.2, 0.25) is 0 Å². The number of nitrogens with zero attached hydrogens (tertiary/aromatic N) is 1. The maximum absolute atomic E-state index is 13.1. The highest BCUT2D eigenvalue weighted by Gasteiger charge is 2.38. The molecule has 1 heterocycles. The van der Waals surface area contributed by atoms with Crippen LogP contribution in [-0.2, 0) is 16.0 Å². The normalized spacial score (nSPS) is 16.0. The first-order valence-electron chi connectivity index (χ1n) is 10.3. The van der Waals surface area contributed by atoms with Gasteiger partial charge in [-0.05, 0) is 67.1 Å². The Morgan fingerprint density at radius 2 is 1.70 bits per heavy atom. The molecule has 2 amide bonds. The summed E-state index contributed by atoms with van der Waals surface area (Å²) in [6, 6.07) is 24.0. The van der Waals surface area contributed by atoms with Crippen LogP contribution in [0.25, 0.3) is 0 Å². The third kappa shape index (κ3) is 4.13. The Morgan fingerprint density at radius 1 is 0.967 bits per heavy atom. The number of nitrogens with one attached hydrogen (secondary N) is 1. The zero-order valence-corrected chi connectivity index (χ0v) is 17.4. The molecular formula is C26H26N2O2. The lowest BCUT2D eigenvalue weighted by Gasteiger charge is -2.20. The molecule has 1 saturated heterocycles. The fraction of sp³-hybridized carbons (Fsp3) is 0.231. The van der Waals surface area contributed by atoms with Crippen molar-refractivity contribution < 1.29 is 9.59 Å². The summed E-state index contributed by atoms with van der Waals surface area (Å²) in [6.45, 7) is 4.60. The Morgan fingerprint density at radius 3 is 2.47 bits per heavy atom. The molecule has 1 fully saturated rings. The van der Waals surface area contributed by atoms with Gasteiger partial charge in [-0.25, -0.2) is 0 Å². The van der Waals surface area contributed by atoms with E-state index in [1.54, 1.807) is 4.90 Å². The lowest BCUT2D eigenvalue weighted by molar-refractivity contribution is -0.129. The number of carbonyl (C=O) groups excluding carboxylic acids is 2. The van der Waals surface area contributed by atoms with Crippen LogP contribution in [0, 0.1) is 19.8 Å². The minimum absolute atomic E-state index is 0.128. The summed E-state index contributed by atoms with van der Waals surface area (Å²) in [5.74, 6) is -1.01. The van der Waals surface area contributed by atoms with Gasteiger partial charge in [0.05, 0.1) is 0 Å². The van der Waals surface area contributed by atoms with Crippen LogP contribution in [0.1, 0.15) is 28.7 Å². The van der Waals surface area contributed by atoms with Crippen molar-refractivity contribution in [2.45, 2.75) is 26.7 Å². The number of carbonyl (C=O) groups is 2. The largest absolute Gasteiger partial charge is 0.325 e. The quantitative estimate of drug-likeness (QED) is 0.623. The fourth-order valence-electron chi connectivity index (χ4n) is 3.95. The number of amides is 2. The molecule has 0 saturated carbocycles. The third-order valence-electron chi connectivity index (χ3n) is 5.82. The molecule has 0 spiro atoms. The first kappa shape index (κ1) is 19.9. The van der Waals surface area contributed by atoms with Crippen molar-refractivity contribution in [3.63, 3.8) is 0 Å². The number of benzene rings is 3. The van der Waals surface area contributed by atoms with Crippen molar-refractivity contribution in [3.8, 4) is 0 Å². The van der Waals surface area contributed by atoms with E-state index in [1.807, 2.05) is 68.4 Å². The van der Waals surface area contributed by atoms with Gasteiger partial charge in [0.1, 0.15) is 5.92 Å². The Balaban J connectivity index is 1.50. The van der Waals surface area contributed by atoms with Crippen molar-refractivity contribution >= 4 is 23.2 Å². The van der Waals surface area contributed by atoms with Gasteiger partial charge in [0.2, 0.25) is 11.8 Å². The molecule has 1 aliphatic rings. The van der Waals surface area contributed by atoms with Gasteiger partial charge in [-0.2, -0.15) is 0 Å². The molecule has 4 nitrogen and oxygen atoms in total. The van der Waals surface area contributed by atoms with E-state index >= 15 is 0 Å². The Kier molecular flexibility index (Phi) is 5.66. The lowest BCUT2D eigenvalue weighted by atomic mass is 10.0. The maximum atomic E-state index is 13.1. The molecule has 0 bridgehead atoms. The predicted molar refractivity (Wildman–Crippen MR) is 121 cm³/mol. The van der Waals surface area contributed by atoms with Crippen LogP contribution in [-0.4, -0.2) is 18.4 Å². The molecule has 3 aromatic carbocycles. The van der Waals surface area contributed by atoms with Crippen LogP contribution < -0.4 is 10.2 Å². The first-order chi connectivity index (χ1) is 14.5. The van der Waals surface area contributed by atoms with Crippen molar-refractivity contribution in [2.75, 3.05) is 16.8 Å². The standard InChI is InChI=1S/C26H26N2O2/c1-18-12-13-22(16-19(18)2)27-25(29)23-14-15-28(26(23)30)24-11-7-6-10-21(24)17-20-8-4-3-5-9-20/h3-13,16,23H,14-15,17H2,1-2H3,(H,27,29). The van der Waals surface area contributed by atoms with Gasteiger partial charge in [0.15, 0.2) is 0 Å². The summed E-state index contributed by atoms with van der Waals surface area (Å²) in [6.07, 6.45) is 1.27. The minimum Gasteiger partial charge on any atom is -0.325 e. The number of aryl methyl sites for hydroxylation is 2. The fourth-order valence-corrected chi connectivity index (χ4v) is 3.95. The highest BCUT2D eigenvalue weighted by atomic mass is 16.2. The van der Waals surface area contributed by atoms with E-state index in [0.717, 1.165) is 28.9 Å². The van der Waals surface area contributed by atoms with Gasteiger partial charge in [0.25, 0.3) is 0 Å². The number of para-hydroxylation sites is 1. The maximum Gasteiger partial charge on any atom is 0.239 e. The molecule has 1 atom stereocenters. The third-order valence-corrected chi connectivity index (χ3v) is 5.82. The van der Waals surface area contributed by atoms with E-state index < -0.39 is 5.92 Å². The highest BCUT2D eigenvalue weighted by Crippen LogP contribution is 2.30. The zero-order chi connectivity index (χ0) is 21.1. The first-order valence-corrected chi connectivity index (χ1v) is 10.3. The second kappa shape index (κ2) is 8.54. The van der Waals surface area contributed by atoms with E-state index in [9.17, 15) is 9.59 Å². The van der Waals surface area contributed by atoms with E-state index in [0.29, 0.717) is 13.0 Å². The molecular weight excluding hydrogens is 372 g/mol. The zero-order valence-electron chi connectivity index (χ0n) is 17.4. The molecule has 30 heavy (non-hydrogen) atoms. The van der Waals surface area contributed by atoms with Crippen molar-refractivity contribution in [1.82, 2.24) is 0 Å². The minimum atomic E-state index is -0.656. The van der Waals surface area contributed by atoms with Gasteiger partial charge >= 0.3 is 0 Å². The Labute approximate surface area is 177 Å². The predicted octanol–water partition coefficient (Wildman–Crippen LogP) is 4.89. The van der Waals surface area contributed by atoms with Gasteiger partial charge < -0.3 is 10.2 Å². The van der Waals surface area contributed by atoms with Crippen molar-refractivity contribution in [2.24, 2.45) is 5.92 Å². The molecule has 1 unspecified atom stereocenters. The van der Waals surface area contributed by atoms with Gasteiger partial charge in [-0.3, -0.25) is 9.59 Å². The monoisotopic (exact) mass is 398 g/mol. The smallest absolute Gasteiger partial charge is 0.239 e. The summed E-state index contributed by atoms with van der Waals surface area (Å²) in [7, 11) is 0. The number of anilines is 2. The Hall–Kier alpha value is -3.40. The van der Waals surface area contributed by atoms with Crippen LogP contribution >= 0.6 is 0 Å². The van der Waals surface area contributed by atoms with Crippen LogP contribution in [0.15, 0.2) is 72.8 Å². The summed E-state index contributed by atoms with van der Waals surface area (Å²) in [5, 5.41) is 2.92. The second-order valence-electron chi connectivity index (χ2n) is 7.91. The summed E-state index contributed by atoms with van der Waals surface area (Å²) in [5.41, 5.74) is 6.20. The summed E-state index contributed by atoms with van der Waals surface area (Å²) in [4.78, 5) is 27.7. The van der Waals surface area contributed by atoms with Gasteiger partial charge in [0, 0.05) is 17.9 Å². The molecule has 0 aromatic heterocycles. The highest BCUT2D eigenvalue weighted by molar-refractivity contribution is 6.13. The second-order valence-corrected chi connectivity index (χ2v) is 7.91. The molecule has 152 valence electrons. The number of hydrogen-bond acceptors (Lipinski definition) is 2. The van der Waals surface area contributed by atoms with E-state index in [2.05, 4.69) is 23.5 Å². The topological polar surface area (TPSA) is 49.4 Å². The average molecular weight is 399 g/mol. The number of rotatable bonds is 5. The number of hydrogen-bond donors (Lipinski definition) is 1. The van der Waals surface area contributed by atoms with Crippen LogP contribution in [0.3, 0.4) is 0 Å².